The summed E-state index contributed by atoms with van der Waals surface area (Å²) in [6.45, 7) is 1.86. The van der Waals surface area contributed by atoms with Gasteiger partial charge in [-0.3, -0.25) is 10.3 Å². The summed E-state index contributed by atoms with van der Waals surface area (Å²) in [4.78, 5) is 4.73. The highest BCUT2D eigenvalue weighted by Gasteiger charge is 1.97. The second-order valence-electron chi connectivity index (χ2n) is 1.89. The first-order chi connectivity index (χ1) is 4.79. The van der Waals surface area contributed by atoms with Gasteiger partial charge < -0.3 is 9.84 Å². The number of allylic oxidation sites excluding steroid dienone is 1. The van der Waals surface area contributed by atoms with Crippen molar-refractivity contribution in [3.8, 4) is 0 Å². The van der Waals surface area contributed by atoms with Gasteiger partial charge in [0.15, 0.2) is 5.76 Å². The van der Waals surface area contributed by atoms with Crippen LogP contribution in [0, 0.1) is 0 Å². The van der Waals surface area contributed by atoms with E-state index in [0.29, 0.717) is 5.76 Å². The summed E-state index contributed by atoms with van der Waals surface area (Å²) < 4.78 is 4.90. The van der Waals surface area contributed by atoms with E-state index >= 15 is 0 Å². The zero-order chi connectivity index (χ0) is 7.40. The van der Waals surface area contributed by atoms with Crippen molar-refractivity contribution in [2.75, 3.05) is 6.61 Å². The van der Waals surface area contributed by atoms with Gasteiger partial charge >= 0.3 is 0 Å². The Balaban J connectivity index is 2.55. The fourth-order valence-electron chi connectivity index (χ4n) is 0.469. The van der Waals surface area contributed by atoms with Crippen molar-refractivity contribution < 1.29 is 14.7 Å². The summed E-state index contributed by atoms with van der Waals surface area (Å²) in [5, 5.41) is 8.88. The summed E-state index contributed by atoms with van der Waals surface area (Å²) in [5.41, 5.74) is 2.48. The first-order valence-electron chi connectivity index (χ1n) is 2.88. The Morgan fingerprint density at radius 2 is 2.50 bits per heavy atom. The number of hydrogen-bond acceptors (Lipinski definition) is 4. The third-order valence-corrected chi connectivity index (χ3v) is 0.946. The van der Waals surface area contributed by atoms with Crippen LogP contribution in [0.15, 0.2) is 24.0 Å². The molecule has 0 saturated carbocycles. The van der Waals surface area contributed by atoms with Crippen LogP contribution in [0.4, 0.5) is 0 Å². The standard InChI is InChI=1S/C6H9NO3/c1-5-2-7-10-4-6(8)3-9-5/h2-3,7-8H,4H2,1H3. The van der Waals surface area contributed by atoms with E-state index in [9.17, 15) is 0 Å². The van der Waals surface area contributed by atoms with E-state index in [1.165, 1.54) is 6.26 Å². The van der Waals surface area contributed by atoms with Crippen LogP contribution in [0.2, 0.25) is 0 Å². The number of nitrogens with one attached hydrogen (secondary N) is 1. The van der Waals surface area contributed by atoms with Gasteiger partial charge in [-0.1, -0.05) is 0 Å². The number of aliphatic hydroxyl groups is 1. The molecule has 0 atom stereocenters. The van der Waals surface area contributed by atoms with Gasteiger partial charge in [0.25, 0.3) is 0 Å². The second kappa shape index (κ2) is 3.12. The minimum Gasteiger partial charge on any atom is -0.507 e. The van der Waals surface area contributed by atoms with E-state index in [-0.39, 0.29) is 12.4 Å². The molecule has 1 aliphatic heterocycles. The zero-order valence-corrected chi connectivity index (χ0v) is 5.63. The molecule has 4 nitrogen and oxygen atoms in total. The quantitative estimate of drug-likeness (QED) is 0.526. The molecular weight excluding hydrogens is 134 g/mol. The molecule has 0 saturated heterocycles. The number of hydroxylamine groups is 1. The molecule has 0 aliphatic carbocycles. The molecule has 0 aromatic carbocycles. The molecule has 0 unspecified atom stereocenters. The molecule has 56 valence electrons. The van der Waals surface area contributed by atoms with Crippen LogP contribution in [0.5, 0.6) is 0 Å². The molecule has 0 aromatic heterocycles. The summed E-state index contributed by atoms with van der Waals surface area (Å²) >= 11 is 0. The van der Waals surface area contributed by atoms with E-state index in [4.69, 9.17) is 14.7 Å². The maximum atomic E-state index is 8.88. The van der Waals surface area contributed by atoms with Gasteiger partial charge in [0.05, 0.1) is 6.20 Å². The molecule has 0 bridgehead atoms. The Morgan fingerprint density at radius 3 is 3.30 bits per heavy atom. The molecule has 0 amide bonds. The Kier molecular flexibility index (Phi) is 2.17. The predicted molar refractivity (Wildman–Crippen MR) is 34.6 cm³/mol. The third-order valence-electron chi connectivity index (χ3n) is 0.946. The van der Waals surface area contributed by atoms with Gasteiger partial charge in [0, 0.05) is 0 Å². The van der Waals surface area contributed by atoms with Gasteiger partial charge in [-0.15, -0.1) is 0 Å². The van der Waals surface area contributed by atoms with Crippen molar-refractivity contribution in [1.82, 2.24) is 5.48 Å². The van der Waals surface area contributed by atoms with Crippen molar-refractivity contribution in [3.05, 3.63) is 24.0 Å². The largest absolute Gasteiger partial charge is 0.507 e. The fraction of sp³-hybridized carbons (Fsp3) is 0.333. The van der Waals surface area contributed by atoms with Gasteiger partial charge in [-0.05, 0) is 6.92 Å². The van der Waals surface area contributed by atoms with Crippen molar-refractivity contribution in [1.29, 1.82) is 0 Å². The first kappa shape index (κ1) is 6.95. The van der Waals surface area contributed by atoms with Crippen LogP contribution < -0.4 is 5.48 Å². The molecule has 1 rings (SSSR count). The summed E-state index contributed by atoms with van der Waals surface area (Å²) in [5.74, 6) is 0.686. The second-order valence-corrected chi connectivity index (χ2v) is 1.89. The Hall–Kier alpha value is -1.16. The molecule has 10 heavy (non-hydrogen) atoms. The van der Waals surface area contributed by atoms with Crippen molar-refractivity contribution in [2.24, 2.45) is 0 Å². The fourth-order valence-corrected chi connectivity index (χ4v) is 0.469. The normalized spacial score (nSPS) is 18.9. The average Bonchev–Trinajstić information content (AvgIpc) is 1.90. The number of ether oxygens (including phenoxy) is 1. The van der Waals surface area contributed by atoms with Crippen LogP contribution in [0.1, 0.15) is 6.92 Å². The van der Waals surface area contributed by atoms with E-state index in [0.717, 1.165) is 0 Å². The van der Waals surface area contributed by atoms with Crippen LogP contribution in [-0.2, 0) is 9.57 Å². The van der Waals surface area contributed by atoms with Gasteiger partial charge in [-0.25, -0.2) is 0 Å². The van der Waals surface area contributed by atoms with Gasteiger partial charge in [0.2, 0.25) is 0 Å². The van der Waals surface area contributed by atoms with Crippen molar-refractivity contribution in [3.63, 3.8) is 0 Å². The predicted octanol–water partition coefficient (Wildman–Crippen LogP) is 0.798. The zero-order valence-electron chi connectivity index (χ0n) is 5.63. The highest BCUT2D eigenvalue weighted by atomic mass is 16.6. The molecule has 0 spiro atoms. The Bertz CT molecular complexity index is 174. The Morgan fingerprint density at radius 1 is 1.70 bits per heavy atom. The summed E-state index contributed by atoms with van der Waals surface area (Å²) in [6.07, 6.45) is 2.80. The molecular formula is C6H9NO3. The minimum absolute atomic E-state index is 0.0555. The van der Waals surface area contributed by atoms with E-state index < -0.39 is 0 Å². The lowest BCUT2D eigenvalue weighted by Crippen LogP contribution is -2.12. The average molecular weight is 143 g/mol. The summed E-state index contributed by atoms with van der Waals surface area (Å²) in [6, 6.07) is 0. The first-order valence-corrected chi connectivity index (χ1v) is 2.88. The highest BCUT2D eigenvalue weighted by Crippen LogP contribution is 2.00. The third kappa shape index (κ3) is 1.99. The smallest absolute Gasteiger partial charge is 0.156 e. The molecule has 2 N–H and O–H groups in total. The number of aliphatic hydroxyl groups excluding tert-OH is 1. The lowest BCUT2D eigenvalue weighted by molar-refractivity contribution is 0.0583. The molecule has 1 heterocycles. The lowest BCUT2D eigenvalue weighted by atomic mass is 10.5. The van der Waals surface area contributed by atoms with Crippen molar-refractivity contribution in [2.45, 2.75) is 6.92 Å². The molecule has 1 aliphatic rings. The van der Waals surface area contributed by atoms with Crippen LogP contribution >= 0.6 is 0 Å². The van der Waals surface area contributed by atoms with Crippen LogP contribution in [0.3, 0.4) is 0 Å². The summed E-state index contributed by atoms with van der Waals surface area (Å²) in [7, 11) is 0. The lowest BCUT2D eigenvalue weighted by Gasteiger charge is -2.08. The van der Waals surface area contributed by atoms with Gasteiger partial charge in [0.1, 0.15) is 18.6 Å². The maximum absolute atomic E-state index is 8.88. The topological polar surface area (TPSA) is 50.7 Å². The van der Waals surface area contributed by atoms with E-state index in [2.05, 4.69) is 5.48 Å². The molecule has 0 radical (unpaired) electrons. The van der Waals surface area contributed by atoms with Crippen LogP contribution in [0.25, 0.3) is 0 Å². The van der Waals surface area contributed by atoms with E-state index in [1.54, 1.807) is 13.1 Å². The minimum atomic E-state index is 0.0555. The SMILES string of the molecule is CC1=CNOCC(O)=CO1. The molecule has 0 aromatic rings. The van der Waals surface area contributed by atoms with E-state index in [1.807, 2.05) is 0 Å². The number of rotatable bonds is 0. The highest BCUT2D eigenvalue weighted by molar-refractivity contribution is 4.93. The van der Waals surface area contributed by atoms with Crippen molar-refractivity contribution >= 4 is 0 Å². The Labute approximate surface area is 58.7 Å². The molecule has 0 fully saturated rings. The maximum Gasteiger partial charge on any atom is 0.156 e. The number of hydrogen-bond donors (Lipinski definition) is 2. The van der Waals surface area contributed by atoms with Crippen LogP contribution in [-0.4, -0.2) is 11.7 Å². The monoisotopic (exact) mass is 143 g/mol. The van der Waals surface area contributed by atoms with Gasteiger partial charge in [-0.2, -0.15) is 0 Å². The molecule has 4 heteroatoms.